The largest absolute Gasteiger partial charge is 0.351 e. The summed E-state index contributed by atoms with van der Waals surface area (Å²) < 4.78 is 49.0. The highest BCUT2D eigenvalue weighted by Crippen LogP contribution is 2.19. The molecule has 0 bridgehead atoms. The molecule has 2 rings (SSSR count). The van der Waals surface area contributed by atoms with Gasteiger partial charge in [0, 0.05) is 24.7 Å². The lowest BCUT2D eigenvalue weighted by molar-refractivity contribution is -0.384. The molecule has 0 radical (unpaired) electrons. The predicted molar refractivity (Wildman–Crippen MR) is 92.7 cm³/mol. The molecule has 1 heterocycles. The zero-order valence-corrected chi connectivity index (χ0v) is 15.6. The van der Waals surface area contributed by atoms with Crippen LogP contribution >= 0.6 is 0 Å². The van der Waals surface area contributed by atoms with Crippen molar-refractivity contribution >= 4 is 31.5 Å². The second kappa shape index (κ2) is 7.68. The van der Waals surface area contributed by atoms with E-state index in [4.69, 9.17) is 0 Å². The van der Waals surface area contributed by atoms with Gasteiger partial charge in [0.2, 0.25) is 15.9 Å². The summed E-state index contributed by atoms with van der Waals surface area (Å²) in [6.07, 6.45) is 0.301. The van der Waals surface area contributed by atoms with E-state index in [-0.39, 0.29) is 28.6 Å². The molecule has 1 aromatic carbocycles. The molecule has 1 N–H and O–H groups in total. The van der Waals surface area contributed by atoms with Crippen LogP contribution in [-0.4, -0.2) is 62.6 Å². The van der Waals surface area contributed by atoms with Crippen LogP contribution in [0.2, 0.25) is 0 Å². The Balaban J connectivity index is 2.08. The highest BCUT2D eigenvalue weighted by molar-refractivity contribution is 7.91. The topological polar surface area (TPSA) is 144 Å². The summed E-state index contributed by atoms with van der Waals surface area (Å²) >= 11 is 0. The number of sulfone groups is 1. The maximum absolute atomic E-state index is 12.6. The third kappa shape index (κ3) is 4.77. The van der Waals surface area contributed by atoms with Gasteiger partial charge in [0.05, 0.1) is 27.9 Å². The third-order valence-electron chi connectivity index (χ3n) is 3.96. The van der Waals surface area contributed by atoms with Gasteiger partial charge in [-0.25, -0.2) is 16.8 Å². The van der Waals surface area contributed by atoms with Crippen LogP contribution in [0, 0.1) is 10.1 Å². The molecule has 1 aromatic rings. The summed E-state index contributed by atoms with van der Waals surface area (Å²) in [6.45, 7) is 1.10. The van der Waals surface area contributed by atoms with Crippen LogP contribution < -0.4 is 5.32 Å². The first-order valence-corrected chi connectivity index (χ1v) is 11.1. The molecule has 144 valence electrons. The van der Waals surface area contributed by atoms with E-state index in [9.17, 15) is 31.7 Å². The normalized spacial score (nSPS) is 19.4. The summed E-state index contributed by atoms with van der Waals surface area (Å²) in [6, 6.07) is 3.84. The van der Waals surface area contributed by atoms with Gasteiger partial charge in [0.25, 0.3) is 5.69 Å². The van der Waals surface area contributed by atoms with Crippen molar-refractivity contribution in [3.8, 4) is 0 Å². The van der Waals surface area contributed by atoms with E-state index < -0.39 is 43.3 Å². The monoisotopic (exact) mass is 405 g/mol. The molecule has 1 aliphatic heterocycles. The van der Waals surface area contributed by atoms with Crippen LogP contribution in [0.1, 0.15) is 13.3 Å². The quantitative estimate of drug-likeness (QED) is 0.493. The Bertz CT molecular complexity index is 895. The number of carbonyl (C=O) groups is 1. The highest BCUT2D eigenvalue weighted by Gasteiger charge is 2.31. The molecule has 1 saturated heterocycles. The van der Waals surface area contributed by atoms with Gasteiger partial charge < -0.3 is 5.32 Å². The molecule has 26 heavy (non-hydrogen) atoms. The minimum Gasteiger partial charge on any atom is -0.351 e. The number of sulfonamides is 1. The Kier molecular flexibility index (Phi) is 5.98. The van der Waals surface area contributed by atoms with Crippen LogP contribution in [0.3, 0.4) is 0 Å². The lowest BCUT2D eigenvalue weighted by Crippen LogP contribution is -2.44. The van der Waals surface area contributed by atoms with E-state index in [2.05, 4.69) is 5.32 Å². The van der Waals surface area contributed by atoms with E-state index in [1.165, 1.54) is 0 Å². The molecule has 1 atom stereocenters. The number of benzene rings is 1. The van der Waals surface area contributed by atoms with Crippen molar-refractivity contribution in [1.29, 1.82) is 0 Å². The molecule has 0 aliphatic carbocycles. The lowest BCUT2D eigenvalue weighted by atomic mass is 10.2. The number of nitro benzene ring substituents is 1. The molecule has 0 saturated carbocycles. The molecule has 0 spiro atoms. The van der Waals surface area contributed by atoms with Crippen LogP contribution in [-0.2, 0) is 24.7 Å². The van der Waals surface area contributed by atoms with Gasteiger partial charge in [-0.2, -0.15) is 4.31 Å². The van der Waals surface area contributed by atoms with Crippen LogP contribution in [0.5, 0.6) is 0 Å². The minimum absolute atomic E-state index is 0.00344. The zero-order valence-electron chi connectivity index (χ0n) is 14.0. The predicted octanol–water partition coefficient (Wildman–Crippen LogP) is -0.0913. The molecule has 1 amide bonds. The van der Waals surface area contributed by atoms with Crippen LogP contribution in [0.15, 0.2) is 29.2 Å². The number of nitrogens with one attached hydrogen (secondary N) is 1. The van der Waals surface area contributed by atoms with Crippen LogP contribution in [0.25, 0.3) is 0 Å². The summed E-state index contributed by atoms with van der Waals surface area (Å²) in [5, 5.41) is 13.2. The van der Waals surface area contributed by atoms with Crippen molar-refractivity contribution in [2.45, 2.75) is 24.3 Å². The van der Waals surface area contributed by atoms with Gasteiger partial charge in [0.1, 0.15) is 0 Å². The molecular formula is C14H19N3O7S2. The number of rotatable bonds is 7. The number of hydrogen-bond acceptors (Lipinski definition) is 7. The van der Waals surface area contributed by atoms with Gasteiger partial charge >= 0.3 is 0 Å². The molecule has 1 unspecified atom stereocenters. The number of amides is 1. The van der Waals surface area contributed by atoms with Gasteiger partial charge in [-0.15, -0.1) is 0 Å². The standard InChI is InChI=1S/C14H19N3O7S2/c1-2-16(9-14(18)15-11-7-8-25(21,22)10-11)26(23,24)13-5-3-12(4-6-13)17(19)20/h3-6,11H,2,7-10H2,1H3,(H,15,18). The maximum Gasteiger partial charge on any atom is 0.269 e. The Morgan fingerprint density at radius 2 is 1.96 bits per heavy atom. The van der Waals surface area contributed by atoms with E-state index in [0.29, 0.717) is 6.42 Å². The van der Waals surface area contributed by atoms with E-state index in [1.54, 1.807) is 6.92 Å². The van der Waals surface area contributed by atoms with Crippen LogP contribution in [0.4, 0.5) is 5.69 Å². The second-order valence-electron chi connectivity index (χ2n) is 5.85. The van der Waals surface area contributed by atoms with Crippen molar-refractivity contribution in [3.63, 3.8) is 0 Å². The number of non-ortho nitro benzene ring substituents is 1. The summed E-state index contributed by atoms with van der Waals surface area (Å²) in [4.78, 5) is 21.9. The van der Waals surface area contributed by atoms with Gasteiger partial charge in [-0.05, 0) is 18.6 Å². The Hall–Kier alpha value is -2.05. The Morgan fingerprint density at radius 3 is 2.42 bits per heavy atom. The number of nitrogens with zero attached hydrogens (tertiary/aromatic N) is 2. The van der Waals surface area contributed by atoms with Crippen molar-refractivity contribution in [1.82, 2.24) is 9.62 Å². The van der Waals surface area contributed by atoms with Gasteiger partial charge in [-0.3, -0.25) is 14.9 Å². The van der Waals surface area contributed by atoms with E-state index >= 15 is 0 Å². The molecule has 12 heteroatoms. The number of likely N-dealkylation sites (N-methyl/N-ethyl adjacent to an activating group) is 1. The first-order chi connectivity index (χ1) is 12.0. The molecular weight excluding hydrogens is 386 g/mol. The number of carbonyl (C=O) groups excluding carboxylic acids is 1. The van der Waals surface area contributed by atoms with Crippen molar-refractivity contribution < 1.29 is 26.6 Å². The first-order valence-electron chi connectivity index (χ1n) is 7.79. The van der Waals surface area contributed by atoms with Crippen molar-refractivity contribution in [3.05, 3.63) is 34.4 Å². The lowest BCUT2D eigenvalue weighted by Gasteiger charge is -2.21. The summed E-state index contributed by atoms with van der Waals surface area (Å²) in [5.74, 6) is -0.754. The van der Waals surface area contributed by atoms with E-state index in [1.807, 2.05) is 0 Å². The fourth-order valence-corrected chi connectivity index (χ4v) is 5.68. The van der Waals surface area contributed by atoms with Crippen molar-refractivity contribution in [2.75, 3.05) is 24.6 Å². The Labute approximate surface area is 151 Å². The number of nitro groups is 1. The van der Waals surface area contributed by atoms with E-state index in [0.717, 1.165) is 28.6 Å². The SMILES string of the molecule is CCN(CC(=O)NC1CCS(=O)(=O)C1)S(=O)(=O)c1ccc([N+](=O)[O-])cc1. The second-order valence-corrected chi connectivity index (χ2v) is 10.0. The molecule has 1 aliphatic rings. The van der Waals surface area contributed by atoms with Gasteiger partial charge in [0.15, 0.2) is 9.84 Å². The summed E-state index contributed by atoms with van der Waals surface area (Å²) in [7, 11) is -7.17. The maximum atomic E-state index is 12.6. The fourth-order valence-electron chi connectivity index (χ4n) is 2.60. The Morgan fingerprint density at radius 1 is 1.35 bits per heavy atom. The highest BCUT2D eigenvalue weighted by atomic mass is 32.2. The zero-order chi connectivity index (χ0) is 19.5. The minimum atomic E-state index is -4.01. The molecule has 1 fully saturated rings. The third-order valence-corrected chi connectivity index (χ3v) is 7.66. The molecule has 10 nitrogen and oxygen atoms in total. The van der Waals surface area contributed by atoms with Gasteiger partial charge in [-0.1, -0.05) is 6.92 Å². The average molecular weight is 405 g/mol. The first kappa shape index (κ1) is 20.3. The average Bonchev–Trinajstić information content (AvgIpc) is 2.91. The van der Waals surface area contributed by atoms with Crippen molar-refractivity contribution in [2.24, 2.45) is 0 Å². The fraction of sp³-hybridized carbons (Fsp3) is 0.500. The smallest absolute Gasteiger partial charge is 0.269 e. The molecule has 0 aromatic heterocycles. The number of hydrogen-bond donors (Lipinski definition) is 1. The summed E-state index contributed by atoms with van der Waals surface area (Å²) in [5.41, 5.74) is -0.243.